The molecule has 0 N–H and O–H groups in total. The van der Waals surface area contributed by atoms with E-state index in [4.69, 9.17) is 11.1 Å². The van der Waals surface area contributed by atoms with Crippen molar-refractivity contribution >= 4 is 18.6 Å². The summed E-state index contributed by atoms with van der Waals surface area (Å²) in [5.74, 6) is 0. The summed E-state index contributed by atoms with van der Waals surface area (Å²) in [6, 6.07) is 0. The molecule has 0 amide bonds. The monoisotopic (exact) mass is 191 g/mol. The van der Waals surface area contributed by atoms with E-state index in [0.717, 1.165) is 0 Å². The molecule has 1 unspecified atom stereocenters. The summed E-state index contributed by atoms with van der Waals surface area (Å²) in [6.07, 6.45) is 0. The normalized spacial score (nSPS) is 18.1. The van der Waals surface area contributed by atoms with Crippen LogP contribution in [0.5, 0.6) is 0 Å². The molecule has 0 fully saturated rings. The molecular weight excluding hydrogens is 174 g/mol. The van der Waals surface area contributed by atoms with E-state index >= 15 is 0 Å². The molecule has 1 nitrogen and oxygen atoms in total. The minimum atomic E-state index is -1.93. The smallest absolute Gasteiger partial charge is 0.257 e. The first-order valence-corrected chi connectivity index (χ1v) is 6.79. The SMILES string of the molecule is C=C[Si](Cl)(N(C)C)C(C)(C)C. The number of halogens is 1. The van der Waals surface area contributed by atoms with Gasteiger partial charge in [0.2, 0.25) is 0 Å². The summed E-state index contributed by atoms with van der Waals surface area (Å²) in [7, 11) is 2.11. The van der Waals surface area contributed by atoms with Gasteiger partial charge in [0, 0.05) is 0 Å². The highest BCUT2D eigenvalue weighted by atomic mass is 35.6. The predicted molar refractivity (Wildman–Crippen MR) is 55.2 cm³/mol. The van der Waals surface area contributed by atoms with Crippen LogP contribution in [0.15, 0.2) is 12.3 Å². The Hall–Kier alpha value is 0.207. The summed E-state index contributed by atoms with van der Waals surface area (Å²) in [4.78, 5) is 0. The lowest BCUT2D eigenvalue weighted by molar-refractivity contribution is 0.574. The van der Waals surface area contributed by atoms with Crippen molar-refractivity contribution in [2.45, 2.75) is 25.8 Å². The van der Waals surface area contributed by atoms with E-state index in [2.05, 4.69) is 31.9 Å². The molecule has 66 valence electrons. The van der Waals surface area contributed by atoms with Crippen molar-refractivity contribution in [1.29, 1.82) is 0 Å². The molecule has 0 saturated heterocycles. The first-order valence-electron chi connectivity index (χ1n) is 3.75. The molecule has 0 aliphatic heterocycles. The molecule has 0 bridgehead atoms. The van der Waals surface area contributed by atoms with Crippen LogP contribution in [0.3, 0.4) is 0 Å². The standard InChI is InChI=1S/C8H18ClNSi/c1-7-11(9,10(5)6)8(2,3)4/h7H,1H2,2-6H3. The molecule has 0 aliphatic carbocycles. The van der Waals surface area contributed by atoms with Crippen molar-refractivity contribution in [3.05, 3.63) is 12.3 Å². The van der Waals surface area contributed by atoms with Crippen LogP contribution < -0.4 is 0 Å². The molecule has 1 atom stereocenters. The van der Waals surface area contributed by atoms with Crippen molar-refractivity contribution in [1.82, 2.24) is 4.57 Å². The lowest BCUT2D eigenvalue weighted by Gasteiger charge is -2.39. The largest absolute Gasteiger partial charge is 0.314 e. The van der Waals surface area contributed by atoms with E-state index in [9.17, 15) is 0 Å². The number of rotatable bonds is 2. The predicted octanol–water partition coefficient (Wildman–Crippen LogP) is 2.75. The Labute approximate surface area is 75.8 Å². The Bertz CT molecular complexity index is 151. The molecule has 0 radical (unpaired) electrons. The second-order valence-corrected chi connectivity index (χ2v) is 9.90. The van der Waals surface area contributed by atoms with Gasteiger partial charge in [0.1, 0.15) is 0 Å². The fourth-order valence-electron chi connectivity index (χ4n) is 1.16. The fourth-order valence-corrected chi connectivity index (χ4v) is 3.48. The quantitative estimate of drug-likeness (QED) is 0.480. The van der Waals surface area contributed by atoms with Gasteiger partial charge in [0.25, 0.3) is 7.55 Å². The van der Waals surface area contributed by atoms with E-state index in [-0.39, 0.29) is 5.04 Å². The third-order valence-electron chi connectivity index (χ3n) is 1.97. The van der Waals surface area contributed by atoms with E-state index in [1.807, 2.05) is 19.8 Å². The van der Waals surface area contributed by atoms with Gasteiger partial charge in [0.05, 0.1) is 0 Å². The van der Waals surface area contributed by atoms with Crippen molar-refractivity contribution in [2.75, 3.05) is 14.1 Å². The maximum Gasteiger partial charge on any atom is 0.257 e. The second kappa shape index (κ2) is 3.29. The Kier molecular flexibility index (Phi) is 3.36. The van der Waals surface area contributed by atoms with Gasteiger partial charge in [-0.05, 0) is 19.1 Å². The Morgan fingerprint density at radius 3 is 1.73 bits per heavy atom. The van der Waals surface area contributed by atoms with Crippen LogP contribution in [-0.2, 0) is 0 Å². The summed E-state index contributed by atoms with van der Waals surface area (Å²) < 4.78 is 2.11. The van der Waals surface area contributed by atoms with Crippen LogP contribution in [0.1, 0.15) is 20.8 Å². The van der Waals surface area contributed by atoms with Crippen LogP contribution in [0.2, 0.25) is 5.04 Å². The van der Waals surface area contributed by atoms with Gasteiger partial charge in [-0.1, -0.05) is 26.5 Å². The molecule has 0 aromatic rings. The average Bonchev–Trinajstić information content (AvgIpc) is 1.83. The number of nitrogens with zero attached hydrogens (tertiary/aromatic N) is 1. The first kappa shape index (κ1) is 11.2. The highest BCUT2D eigenvalue weighted by molar-refractivity contribution is 7.22. The molecular formula is C8H18ClNSi. The number of hydrogen-bond donors (Lipinski definition) is 0. The van der Waals surface area contributed by atoms with E-state index in [1.54, 1.807) is 0 Å². The van der Waals surface area contributed by atoms with Gasteiger partial charge in [-0.3, -0.25) is 0 Å². The van der Waals surface area contributed by atoms with Crippen LogP contribution in [-0.4, -0.2) is 26.2 Å². The van der Waals surface area contributed by atoms with Gasteiger partial charge in [-0.25, -0.2) is 0 Å². The number of hydrogen-bond acceptors (Lipinski definition) is 1. The van der Waals surface area contributed by atoms with E-state index in [0.29, 0.717) is 0 Å². The van der Waals surface area contributed by atoms with Crippen LogP contribution in [0.25, 0.3) is 0 Å². The summed E-state index contributed by atoms with van der Waals surface area (Å²) in [5.41, 5.74) is 1.93. The first-order chi connectivity index (χ1) is 4.75. The Balaban J connectivity index is 4.75. The van der Waals surface area contributed by atoms with Crippen molar-refractivity contribution in [2.24, 2.45) is 0 Å². The van der Waals surface area contributed by atoms with Gasteiger partial charge in [-0.2, -0.15) is 0 Å². The molecule has 0 aliphatic rings. The third-order valence-corrected chi connectivity index (χ3v) is 9.10. The van der Waals surface area contributed by atoms with E-state index in [1.165, 1.54) is 0 Å². The Morgan fingerprint density at radius 1 is 1.36 bits per heavy atom. The van der Waals surface area contributed by atoms with Crippen LogP contribution >= 0.6 is 11.1 Å². The third kappa shape index (κ3) is 2.07. The lowest BCUT2D eigenvalue weighted by Crippen LogP contribution is -2.50. The van der Waals surface area contributed by atoms with Crippen molar-refractivity contribution in [3.8, 4) is 0 Å². The van der Waals surface area contributed by atoms with Crippen molar-refractivity contribution in [3.63, 3.8) is 0 Å². The summed E-state index contributed by atoms with van der Waals surface area (Å²) in [6.45, 7) is 10.3. The van der Waals surface area contributed by atoms with Gasteiger partial charge in [-0.15, -0.1) is 17.7 Å². The molecule has 11 heavy (non-hydrogen) atoms. The molecule has 0 rings (SSSR count). The summed E-state index contributed by atoms with van der Waals surface area (Å²) in [5, 5.41) is 0.139. The molecule has 0 aromatic carbocycles. The average molecular weight is 192 g/mol. The fraction of sp³-hybridized carbons (Fsp3) is 0.750. The highest BCUT2D eigenvalue weighted by Crippen LogP contribution is 2.40. The molecule has 3 heteroatoms. The van der Waals surface area contributed by atoms with E-state index < -0.39 is 7.55 Å². The zero-order valence-corrected chi connectivity index (χ0v) is 9.87. The molecule has 0 aromatic heterocycles. The highest BCUT2D eigenvalue weighted by Gasteiger charge is 2.43. The van der Waals surface area contributed by atoms with Crippen molar-refractivity contribution < 1.29 is 0 Å². The lowest BCUT2D eigenvalue weighted by atomic mass is 10.2. The van der Waals surface area contributed by atoms with Gasteiger partial charge >= 0.3 is 0 Å². The zero-order chi connectivity index (χ0) is 9.28. The minimum Gasteiger partial charge on any atom is -0.314 e. The molecule has 0 heterocycles. The second-order valence-electron chi connectivity index (χ2n) is 4.02. The topological polar surface area (TPSA) is 3.24 Å². The minimum absolute atomic E-state index is 0.139. The summed E-state index contributed by atoms with van der Waals surface area (Å²) >= 11 is 6.48. The van der Waals surface area contributed by atoms with Crippen LogP contribution in [0, 0.1) is 0 Å². The van der Waals surface area contributed by atoms with Crippen LogP contribution in [0.4, 0.5) is 0 Å². The van der Waals surface area contributed by atoms with Gasteiger partial charge in [0.15, 0.2) is 0 Å². The Morgan fingerprint density at radius 2 is 1.73 bits per heavy atom. The molecule has 0 saturated carbocycles. The zero-order valence-electron chi connectivity index (χ0n) is 8.11. The molecule has 0 spiro atoms. The maximum absolute atomic E-state index is 6.48. The maximum atomic E-state index is 6.48. The van der Waals surface area contributed by atoms with Gasteiger partial charge < -0.3 is 4.57 Å².